The summed E-state index contributed by atoms with van der Waals surface area (Å²) in [6, 6.07) is 0. The molecule has 1 aliphatic heterocycles. The van der Waals surface area contributed by atoms with Gasteiger partial charge in [-0.1, -0.05) is 12.3 Å². The Morgan fingerprint density at radius 2 is 2.08 bits per heavy atom. The number of hydrogen-bond acceptors (Lipinski definition) is 3. The van der Waals surface area contributed by atoms with Gasteiger partial charge < -0.3 is 14.6 Å². The molecule has 0 radical (unpaired) electrons. The number of aliphatic hydroxyl groups is 1. The maximum absolute atomic E-state index is 9.25. The highest BCUT2D eigenvalue weighted by molar-refractivity contribution is 4.98. The Hall–Kier alpha value is -0.560. The lowest BCUT2D eigenvalue weighted by Crippen LogP contribution is -2.14. The van der Waals surface area contributed by atoms with Gasteiger partial charge >= 0.3 is 0 Å². The molecule has 0 fully saturated rings. The standard InChI is InChI=1S/C10H16O3/c11-10-7-5-3-1-2-4-6-8-12-9-13-10/h10-11H,1-3,5,7-9H2. The van der Waals surface area contributed by atoms with Crippen LogP contribution in [0, 0.1) is 11.8 Å². The van der Waals surface area contributed by atoms with Gasteiger partial charge in [0.15, 0.2) is 13.1 Å². The molecule has 3 nitrogen and oxygen atoms in total. The monoisotopic (exact) mass is 184 g/mol. The van der Waals surface area contributed by atoms with Crippen LogP contribution in [0.2, 0.25) is 0 Å². The predicted octanol–water partition coefficient (Wildman–Crippen LogP) is 1.26. The van der Waals surface area contributed by atoms with Gasteiger partial charge in [-0.05, 0) is 19.3 Å². The molecule has 0 saturated carbocycles. The van der Waals surface area contributed by atoms with Crippen LogP contribution in [-0.2, 0) is 9.47 Å². The molecule has 1 atom stereocenters. The fraction of sp³-hybridized carbons (Fsp3) is 0.800. The summed E-state index contributed by atoms with van der Waals surface area (Å²) in [6.45, 7) is 0.530. The van der Waals surface area contributed by atoms with Crippen LogP contribution in [0.3, 0.4) is 0 Å². The summed E-state index contributed by atoms with van der Waals surface area (Å²) in [7, 11) is 0. The molecule has 0 bridgehead atoms. The van der Waals surface area contributed by atoms with Gasteiger partial charge in [0.1, 0.15) is 6.61 Å². The van der Waals surface area contributed by atoms with Crippen molar-refractivity contribution >= 4 is 0 Å². The molecule has 0 aromatic carbocycles. The Bertz CT molecular complexity index is 180. The van der Waals surface area contributed by atoms with E-state index in [1.165, 1.54) is 0 Å². The lowest BCUT2D eigenvalue weighted by molar-refractivity contribution is -0.168. The van der Waals surface area contributed by atoms with Crippen molar-refractivity contribution in [2.45, 2.75) is 38.4 Å². The molecule has 1 unspecified atom stereocenters. The molecule has 3 heteroatoms. The first kappa shape index (κ1) is 10.5. The van der Waals surface area contributed by atoms with Gasteiger partial charge in [0, 0.05) is 6.42 Å². The number of rotatable bonds is 0. The van der Waals surface area contributed by atoms with E-state index in [0.717, 1.165) is 25.7 Å². The molecule has 1 rings (SSSR count). The third-order valence-corrected chi connectivity index (χ3v) is 1.90. The van der Waals surface area contributed by atoms with E-state index in [0.29, 0.717) is 13.0 Å². The molecule has 1 aliphatic rings. The highest BCUT2D eigenvalue weighted by Gasteiger charge is 2.03. The Balaban J connectivity index is 2.23. The van der Waals surface area contributed by atoms with Gasteiger partial charge in [0.2, 0.25) is 0 Å². The minimum absolute atomic E-state index is 0.135. The highest BCUT2D eigenvalue weighted by atomic mass is 16.7. The van der Waals surface area contributed by atoms with Crippen molar-refractivity contribution in [1.82, 2.24) is 0 Å². The maximum Gasteiger partial charge on any atom is 0.157 e. The Kier molecular flexibility index (Phi) is 5.59. The van der Waals surface area contributed by atoms with Gasteiger partial charge in [0.25, 0.3) is 0 Å². The topological polar surface area (TPSA) is 38.7 Å². The molecule has 0 aromatic heterocycles. The van der Waals surface area contributed by atoms with Gasteiger partial charge in [-0.2, -0.15) is 0 Å². The average Bonchev–Trinajstić information content (AvgIpc) is 2.11. The molecule has 13 heavy (non-hydrogen) atoms. The third kappa shape index (κ3) is 5.64. The predicted molar refractivity (Wildman–Crippen MR) is 48.8 cm³/mol. The number of aliphatic hydroxyl groups excluding tert-OH is 1. The molecule has 74 valence electrons. The summed E-state index contributed by atoms with van der Waals surface area (Å²) in [4.78, 5) is 0. The second kappa shape index (κ2) is 6.90. The SMILES string of the molecule is OC1CCCCCC#CCOCO1. The summed E-state index contributed by atoms with van der Waals surface area (Å²) < 4.78 is 10.0. The molecule has 1 N–H and O–H groups in total. The quantitative estimate of drug-likeness (QED) is 0.576. The molecule has 1 heterocycles. The lowest BCUT2D eigenvalue weighted by Gasteiger charge is -2.11. The summed E-state index contributed by atoms with van der Waals surface area (Å²) in [6.07, 6.45) is 4.14. The first-order chi connectivity index (χ1) is 6.39. The van der Waals surface area contributed by atoms with E-state index < -0.39 is 6.29 Å². The van der Waals surface area contributed by atoms with Crippen LogP contribution in [0.25, 0.3) is 0 Å². The van der Waals surface area contributed by atoms with Crippen LogP contribution in [-0.4, -0.2) is 24.8 Å². The average molecular weight is 184 g/mol. The normalized spacial score (nSPS) is 26.4. The van der Waals surface area contributed by atoms with Crippen molar-refractivity contribution in [3.63, 3.8) is 0 Å². The van der Waals surface area contributed by atoms with Crippen molar-refractivity contribution in [1.29, 1.82) is 0 Å². The van der Waals surface area contributed by atoms with Crippen molar-refractivity contribution < 1.29 is 14.6 Å². The van der Waals surface area contributed by atoms with Crippen LogP contribution < -0.4 is 0 Å². The van der Waals surface area contributed by atoms with E-state index in [-0.39, 0.29) is 6.79 Å². The maximum atomic E-state index is 9.25. The first-order valence-electron chi connectivity index (χ1n) is 4.73. The van der Waals surface area contributed by atoms with Gasteiger partial charge in [0.05, 0.1) is 0 Å². The van der Waals surface area contributed by atoms with E-state index >= 15 is 0 Å². The van der Waals surface area contributed by atoms with E-state index in [2.05, 4.69) is 11.8 Å². The van der Waals surface area contributed by atoms with E-state index in [1.807, 2.05) is 0 Å². The van der Waals surface area contributed by atoms with Crippen LogP contribution in [0.4, 0.5) is 0 Å². The van der Waals surface area contributed by atoms with Crippen molar-refractivity contribution in [3.8, 4) is 11.8 Å². The zero-order valence-electron chi connectivity index (χ0n) is 7.79. The third-order valence-electron chi connectivity index (χ3n) is 1.90. The first-order valence-corrected chi connectivity index (χ1v) is 4.73. The van der Waals surface area contributed by atoms with Crippen LogP contribution >= 0.6 is 0 Å². The number of hydrogen-bond donors (Lipinski definition) is 1. The van der Waals surface area contributed by atoms with Crippen molar-refractivity contribution in [2.75, 3.05) is 13.4 Å². The van der Waals surface area contributed by atoms with Crippen LogP contribution in [0.1, 0.15) is 32.1 Å². The van der Waals surface area contributed by atoms with Crippen LogP contribution in [0.5, 0.6) is 0 Å². The molecule has 0 amide bonds. The smallest absolute Gasteiger partial charge is 0.157 e. The zero-order chi connectivity index (χ0) is 9.36. The van der Waals surface area contributed by atoms with Crippen molar-refractivity contribution in [2.24, 2.45) is 0 Å². The second-order valence-electron chi connectivity index (χ2n) is 3.04. The Morgan fingerprint density at radius 3 is 3.00 bits per heavy atom. The second-order valence-corrected chi connectivity index (χ2v) is 3.04. The van der Waals surface area contributed by atoms with E-state index in [9.17, 15) is 5.11 Å². The van der Waals surface area contributed by atoms with Gasteiger partial charge in [-0.3, -0.25) is 0 Å². The Labute approximate surface area is 79.0 Å². The van der Waals surface area contributed by atoms with Gasteiger partial charge in [-0.25, -0.2) is 0 Å². The molecular weight excluding hydrogens is 168 g/mol. The zero-order valence-corrected chi connectivity index (χ0v) is 7.79. The fourth-order valence-electron chi connectivity index (χ4n) is 1.15. The minimum atomic E-state index is -0.674. The summed E-state index contributed by atoms with van der Waals surface area (Å²) in [5, 5.41) is 9.25. The highest BCUT2D eigenvalue weighted by Crippen LogP contribution is 2.06. The fourth-order valence-corrected chi connectivity index (χ4v) is 1.15. The largest absolute Gasteiger partial charge is 0.368 e. The lowest BCUT2D eigenvalue weighted by atomic mass is 10.1. The number of ether oxygens (including phenoxy) is 2. The molecule has 0 aliphatic carbocycles. The molecule has 0 saturated heterocycles. The van der Waals surface area contributed by atoms with Crippen LogP contribution in [0.15, 0.2) is 0 Å². The van der Waals surface area contributed by atoms with Gasteiger partial charge in [-0.15, -0.1) is 5.92 Å². The van der Waals surface area contributed by atoms with E-state index in [4.69, 9.17) is 9.47 Å². The summed E-state index contributed by atoms with van der Waals surface area (Å²) >= 11 is 0. The minimum Gasteiger partial charge on any atom is -0.368 e. The molecule has 0 spiro atoms. The summed E-state index contributed by atoms with van der Waals surface area (Å²) in [5.74, 6) is 5.91. The molecule has 0 aromatic rings. The van der Waals surface area contributed by atoms with Crippen molar-refractivity contribution in [3.05, 3.63) is 0 Å². The van der Waals surface area contributed by atoms with E-state index in [1.54, 1.807) is 0 Å². The Morgan fingerprint density at radius 1 is 1.15 bits per heavy atom. The summed E-state index contributed by atoms with van der Waals surface area (Å²) in [5.41, 5.74) is 0. The molecular formula is C10H16O3.